The van der Waals surface area contributed by atoms with Gasteiger partial charge in [-0.2, -0.15) is 0 Å². The predicted molar refractivity (Wildman–Crippen MR) is 77.8 cm³/mol. The summed E-state index contributed by atoms with van der Waals surface area (Å²) in [6.45, 7) is 6.09. The van der Waals surface area contributed by atoms with Crippen molar-refractivity contribution in [1.82, 2.24) is 10.3 Å². The summed E-state index contributed by atoms with van der Waals surface area (Å²) in [6, 6.07) is 4.29. The van der Waals surface area contributed by atoms with Gasteiger partial charge in [0.15, 0.2) is 0 Å². The van der Waals surface area contributed by atoms with Gasteiger partial charge in [0.25, 0.3) is 0 Å². The van der Waals surface area contributed by atoms with E-state index in [1.54, 1.807) is 0 Å². The first-order valence-corrected chi connectivity index (χ1v) is 7.86. The molecule has 4 bridgehead atoms. The Balaban J connectivity index is 1.57. The van der Waals surface area contributed by atoms with Gasteiger partial charge in [-0.15, -0.1) is 0 Å². The number of nitrogens with one attached hydrogen (secondary N) is 2. The third kappa shape index (κ3) is 1.96. The van der Waals surface area contributed by atoms with E-state index < -0.39 is 0 Å². The van der Waals surface area contributed by atoms with Crippen LogP contribution in [0.1, 0.15) is 58.1 Å². The molecule has 2 nitrogen and oxygen atoms in total. The molecule has 1 aromatic rings. The van der Waals surface area contributed by atoms with Gasteiger partial charge in [0.1, 0.15) is 0 Å². The van der Waals surface area contributed by atoms with E-state index >= 15 is 0 Å². The van der Waals surface area contributed by atoms with Gasteiger partial charge in [0.05, 0.1) is 0 Å². The minimum absolute atomic E-state index is 0.425. The number of aromatic amines is 1. The molecule has 2 atom stereocenters. The van der Waals surface area contributed by atoms with Gasteiger partial charge in [-0.1, -0.05) is 13.8 Å². The third-order valence-corrected chi connectivity index (χ3v) is 5.94. The Morgan fingerprint density at radius 2 is 1.89 bits per heavy atom. The highest BCUT2D eigenvalue weighted by Gasteiger charge is 2.59. The molecule has 0 radical (unpaired) electrons. The highest BCUT2D eigenvalue weighted by atomic mass is 15.0. The summed E-state index contributed by atoms with van der Waals surface area (Å²) >= 11 is 0. The van der Waals surface area contributed by atoms with Crippen molar-refractivity contribution in [3.8, 4) is 0 Å². The number of aromatic nitrogens is 1. The van der Waals surface area contributed by atoms with Crippen LogP contribution >= 0.6 is 0 Å². The van der Waals surface area contributed by atoms with E-state index in [0.29, 0.717) is 16.4 Å². The van der Waals surface area contributed by atoms with Gasteiger partial charge in [-0.05, 0) is 67.4 Å². The normalized spacial score (nSPS) is 47.8. The van der Waals surface area contributed by atoms with Gasteiger partial charge in [-0.25, -0.2) is 0 Å². The van der Waals surface area contributed by atoms with E-state index in [1.807, 2.05) is 6.20 Å². The summed E-state index contributed by atoms with van der Waals surface area (Å²) in [5, 5.41) is 3.95. The maximum atomic E-state index is 3.95. The van der Waals surface area contributed by atoms with Crippen LogP contribution in [0, 0.1) is 16.7 Å². The summed E-state index contributed by atoms with van der Waals surface area (Å²) in [4.78, 5) is 3.33. The van der Waals surface area contributed by atoms with Crippen molar-refractivity contribution in [3.63, 3.8) is 0 Å². The van der Waals surface area contributed by atoms with Crippen LogP contribution in [0.4, 0.5) is 0 Å². The average Bonchev–Trinajstić information content (AvgIpc) is 2.73. The van der Waals surface area contributed by atoms with Crippen molar-refractivity contribution < 1.29 is 0 Å². The minimum Gasteiger partial charge on any atom is -0.364 e. The monoisotopic (exact) mass is 258 g/mol. The molecule has 5 rings (SSSR count). The van der Waals surface area contributed by atoms with Crippen molar-refractivity contribution in [1.29, 1.82) is 0 Å². The topological polar surface area (TPSA) is 27.8 Å². The maximum absolute atomic E-state index is 3.95. The second-order valence-electron chi connectivity index (χ2n) is 8.46. The first kappa shape index (κ1) is 12.0. The molecule has 0 saturated heterocycles. The van der Waals surface area contributed by atoms with Crippen LogP contribution in [0.15, 0.2) is 18.3 Å². The number of H-pyrrole nitrogens is 1. The number of hydrogen-bond donors (Lipinski definition) is 2. The quantitative estimate of drug-likeness (QED) is 0.846. The molecule has 4 fully saturated rings. The standard InChI is InChI=1S/C17H26N2/c1-15-6-13-7-16(2,10-15)12-17(8-13,11-15)19-9-14-4-3-5-18-14/h3-5,13,18-19H,6-12H2,1-2H3. The van der Waals surface area contributed by atoms with E-state index in [-0.39, 0.29) is 0 Å². The molecule has 4 saturated carbocycles. The molecule has 2 N–H and O–H groups in total. The van der Waals surface area contributed by atoms with Crippen LogP contribution in [-0.2, 0) is 6.54 Å². The SMILES string of the molecule is CC12CC3CC(C)(C1)CC(NCc1ccc[nH]1)(C3)C2. The first-order valence-electron chi connectivity index (χ1n) is 7.86. The van der Waals surface area contributed by atoms with Crippen LogP contribution in [0.2, 0.25) is 0 Å². The zero-order valence-electron chi connectivity index (χ0n) is 12.3. The van der Waals surface area contributed by atoms with E-state index in [4.69, 9.17) is 0 Å². The maximum Gasteiger partial charge on any atom is 0.0362 e. The molecule has 0 amide bonds. The molecular weight excluding hydrogens is 232 g/mol. The van der Waals surface area contributed by atoms with Gasteiger partial charge in [-0.3, -0.25) is 0 Å². The van der Waals surface area contributed by atoms with Crippen LogP contribution < -0.4 is 5.32 Å². The fraction of sp³-hybridized carbons (Fsp3) is 0.765. The summed E-state index contributed by atoms with van der Waals surface area (Å²) in [5.74, 6) is 0.974. The Kier molecular flexibility index (Phi) is 2.32. The largest absolute Gasteiger partial charge is 0.364 e. The fourth-order valence-corrected chi connectivity index (χ4v) is 6.41. The minimum atomic E-state index is 0.425. The zero-order chi connectivity index (χ0) is 13.1. The molecule has 0 aliphatic heterocycles. The smallest absolute Gasteiger partial charge is 0.0362 e. The van der Waals surface area contributed by atoms with Crippen LogP contribution in [0.3, 0.4) is 0 Å². The van der Waals surface area contributed by atoms with E-state index in [1.165, 1.54) is 44.2 Å². The molecule has 0 spiro atoms. The van der Waals surface area contributed by atoms with Gasteiger partial charge < -0.3 is 10.3 Å². The molecule has 2 heteroatoms. The Bertz CT molecular complexity index is 457. The molecule has 104 valence electrons. The average molecular weight is 258 g/mol. The van der Waals surface area contributed by atoms with Gasteiger partial charge in [0.2, 0.25) is 0 Å². The van der Waals surface area contributed by atoms with Gasteiger partial charge >= 0.3 is 0 Å². The lowest BCUT2D eigenvalue weighted by Crippen LogP contribution is -2.63. The molecular formula is C17H26N2. The van der Waals surface area contributed by atoms with E-state index in [2.05, 4.69) is 36.3 Å². The lowest BCUT2D eigenvalue weighted by atomic mass is 9.43. The lowest BCUT2D eigenvalue weighted by molar-refractivity contribution is -0.118. The number of hydrogen-bond acceptors (Lipinski definition) is 1. The first-order chi connectivity index (χ1) is 8.99. The van der Waals surface area contributed by atoms with E-state index in [9.17, 15) is 0 Å². The summed E-state index contributed by atoms with van der Waals surface area (Å²) in [6.07, 6.45) is 10.7. The molecule has 19 heavy (non-hydrogen) atoms. The number of rotatable bonds is 3. The summed E-state index contributed by atoms with van der Waals surface area (Å²) in [7, 11) is 0. The summed E-state index contributed by atoms with van der Waals surface area (Å²) < 4.78 is 0. The molecule has 2 unspecified atom stereocenters. The Morgan fingerprint density at radius 3 is 2.47 bits per heavy atom. The molecule has 1 heterocycles. The third-order valence-electron chi connectivity index (χ3n) is 5.94. The molecule has 4 aliphatic rings. The van der Waals surface area contributed by atoms with Crippen LogP contribution in [-0.4, -0.2) is 10.5 Å². The molecule has 0 aromatic carbocycles. The Labute approximate surface area is 116 Å². The predicted octanol–water partition coefficient (Wildman–Crippen LogP) is 3.85. The molecule has 1 aromatic heterocycles. The van der Waals surface area contributed by atoms with Crippen molar-refractivity contribution >= 4 is 0 Å². The zero-order valence-corrected chi connectivity index (χ0v) is 12.3. The van der Waals surface area contributed by atoms with Crippen LogP contribution in [0.25, 0.3) is 0 Å². The van der Waals surface area contributed by atoms with Crippen molar-refractivity contribution in [2.24, 2.45) is 16.7 Å². The van der Waals surface area contributed by atoms with Gasteiger partial charge in [0, 0.05) is 24.0 Å². The van der Waals surface area contributed by atoms with Crippen molar-refractivity contribution in [3.05, 3.63) is 24.0 Å². The highest BCUT2D eigenvalue weighted by Crippen LogP contribution is 2.66. The highest BCUT2D eigenvalue weighted by molar-refractivity contribution is 5.15. The fourth-order valence-electron chi connectivity index (χ4n) is 6.41. The second-order valence-corrected chi connectivity index (χ2v) is 8.46. The van der Waals surface area contributed by atoms with Crippen molar-refractivity contribution in [2.75, 3.05) is 0 Å². The van der Waals surface area contributed by atoms with Crippen LogP contribution in [0.5, 0.6) is 0 Å². The Morgan fingerprint density at radius 1 is 1.16 bits per heavy atom. The molecule has 4 aliphatic carbocycles. The Hall–Kier alpha value is -0.760. The van der Waals surface area contributed by atoms with Crippen molar-refractivity contribution in [2.45, 2.75) is 64.5 Å². The van der Waals surface area contributed by atoms with E-state index in [0.717, 1.165) is 12.5 Å². The lowest BCUT2D eigenvalue weighted by Gasteiger charge is -2.65. The summed E-state index contributed by atoms with van der Waals surface area (Å²) in [5.41, 5.74) is 2.97. The second kappa shape index (κ2) is 3.66.